The van der Waals surface area contributed by atoms with Gasteiger partial charge in [0.05, 0.1) is 20.8 Å². The monoisotopic (exact) mass is 487 g/mol. The van der Waals surface area contributed by atoms with Crippen LogP contribution in [-0.4, -0.2) is 41.4 Å². The molecule has 1 aromatic heterocycles. The molecular formula is C27H29N5O4. The Morgan fingerprint density at radius 3 is 2.39 bits per heavy atom. The number of carbonyl (C=O) groups excluding carboxylic acids is 2. The molecule has 0 fully saturated rings. The van der Waals surface area contributed by atoms with E-state index in [1.807, 2.05) is 56.7 Å². The third-order valence-corrected chi connectivity index (χ3v) is 6.12. The fourth-order valence-corrected chi connectivity index (χ4v) is 4.16. The zero-order valence-electron chi connectivity index (χ0n) is 20.7. The van der Waals surface area contributed by atoms with Gasteiger partial charge in [0.1, 0.15) is 11.5 Å². The van der Waals surface area contributed by atoms with Gasteiger partial charge < -0.3 is 23.9 Å². The number of hydrogen-bond donors (Lipinski definition) is 2. The number of aromatic nitrogens is 2. The van der Waals surface area contributed by atoms with Gasteiger partial charge in [-0.15, -0.1) is 0 Å². The summed E-state index contributed by atoms with van der Waals surface area (Å²) in [4.78, 5) is 28.9. The molecular weight excluding hydrogens is 458 g/mol. The van der Waals surface area contributed by atoms with Crippen molar-refractivity contribution in [3.63, 3.8) is 0 Å². The van der Waals surface area contributed by atoms with E-state index < -0.39 is 0 Å². The van der Waals surface area contributed by atoms with E-state index >= 15 is 0 Å². The van der Waals surface area contributed by atoms with Crippen LogP contribution in [0.2, 0.25) is 0 Å². The Bertz CT molecular complexity index is 1410. The van der Waals surface area contributed by atoms with Crippen molar-refractivity contribution in [1.29, 1.82) is 5.41 Å². The fraction of sp³-hybridized carbons (Fsp3) is 0.259. The topological polar surface area (TPSA) is 111 Å². The summed E-state index contributed by atoms with van der Waals surface area (Å²) in [5, 5.41) is 11.2. The fourth-order valence-electron chi connectivity index (χ4n) is 4.16. The first-order valence-corrected chi connectivity index (χ1v) is 11.4. The van der Waals surface area contributed by atoms with Crippen LogP contribution in [0.15, 0.2) is 65.4 Å². The number of nitrogens with one attached hydrogen (secondary N) is 2. The number of rotatable bonds is 8. The first-order valence-electron chi connectivity index (χ1n) is 11.4. The van der Waals surface area contributed by atoms with E-state index in [-0.39, 0.29) is 24.3 Å². The molecule has 9 heteroatoms. The molecule has 1 aliphatic heterocycles. The summed E-state index contributed by atoms with van der Waals surface area (Å²) >= 11 is 0. The van der Waals surface area contributed by atoms with Crippen LogP contribution in [0.1, 0.15) is 39.9 Å². The summed E-state index contributed by atoms with van der Waals surface area (Å²) in [7, 11) is 4.97. The molecule has 1 atom stereocenters. The Kier molecular flexibility index (Phi) is 7.19. The lowest BCUT2D eigenvalue weighted by molar-refractivity contribution is -0.113. The van der Waals surface area contributed by atoms with E-state index in [1.54, 1.807) is 35.6 Å². The van der Waals surface area contributed by atoms with E-state index in [1.165, 1.54) is 6.08 Å². The molecule has 0 aliphatic carbocycles. The number of ether oxygens (including phenoxy) is 2. The van der Waals surface area contributed by atoms with Gasteiger partial charge in [-0.25, -0.2) is 4.99 Å². The smallest absolute Gasteiger partial charge is 0.269 e. The molecule has 186 valence electrons. The molecule has 3 aromatic rings. The minimum atomic E-state index is -0.287. The molecule has 2 N–H and O–H groups in total. The molecule has 0 bridgehead atoms. The van der Waals surface area contributed by atoms with Gasteiger partial charge >= 0.3 is 0 Å². The zero-order chi connectivity index (χ0) is 25.8. The largest absolute Gasteiger partial charge is 0.497 e. The molecule has 0 saturated heterocycles. The molecule has 2 heterocycles. The van der Waals surface area contributed by atoms with Crippen LogP contribution in [0.25, 0.3) is 0 Å². The highest BCUT2D eigenvalue weighted by Gasteiger charge is 2.20. The second-order valence-corrected chi connectivity index (χ2v) is 8.71. The van der Waals surface area contributed by atoms with Crippen LogP contribution in [0.4, 0.5) is 0 Å². The number of nitrogens with zero attached hydrogens (tertiary/aromatic N) is 3. The summed E-state index contributed by atoms with van der Waals surface area (Å²) in [5.41, 5.74) is 4.25. The van der Waals surface area contributed by atoms with Crippen LogP contribution < -0.4 is 20.4 Å². The summed E-state index contributed by atoms with van der Waals surface area (Å²) in [5.74, 6) is 0.539. The Hall–Kier alpha value is -4.40. The van der Waals surface area contributed by atoms with Crippen molar-refractivity contribution in [2.24, 2.45) is 12.0 Å². The molecule has 0 radical (unpaired) electrons. The van der Waals surface area contributed by atoms with Crippen LogP contribution in [-0.2, 0) is 24.9 Å². The first kappa shape index (κ1) is 24.7. The van der Waals surface area contributed by atoms with Gasteiger partial charge in [0.25, 0.3) is 11.8 Å². The Morgan fingerprint density at radius 1 is 1.06 bits per heavy atom. The van der Waals surface area contributed by atoms with E-state index in [0.717, 1.165) is 22.3 Å². The normalized spacial score (nSPS) is 14.9. The average molecular weight is 488 g/mol. The summed E-state index contributed by atoms with van der Waals surface area (Å²) < 4.78 is 14.1. The minimum absolute atomic E-state index is 0.215. The van der Waals surface area contributed by atoms with Crippen LogP contribution in [0.3, 0.4) is 0 Å². The number of amides is 2. The highest BCUT2D eigenvalue weighted by molar-refractivity contribution is 6.00. The second-order valence-electron chi connectivity index (χ2n) is 8.71. The number of hydrogen-bond acceptors (Lipinski definition) is 5. The number of dihydropyridines is 1. The van der Waals surface area contributed by atoms with Crippen molar-refractivity contribution in [3.05, 3.63) is 88.3 Å². The van der Waals surface area contributed by atoms with Gasteiger partial charge in [0.2, 0.25) is 5.62 Å². The SMILES string of the molecule is COc1cc(CNC(=O)c2cc(Cn3ccn(C)c3=N)cc(C3C=NC(=O)C=C3C)c2)cc(OC)c1. The Labute approximate surface area is 209 Å². The maximum Gasteiger partial charge on any atom is 0.269 e. The molecule has 0 spiro atoms. The van der Waals surface area contributed by atoms with Gasteiger partial charge in [-0.1, -0.05) is 11.6 Å². The molecule has 1 aliphatic rings. The number of methoxy groups -OCH3 is 2. The highest BCUT2D eigenvalue weighted by atomic mass is 16.5. The number of carbonyl (C=O) groups is 2. The van der Waals surface area contributed by atoms with Crippen molar-refractivity contribution >= 4 is 18.0 Å². The van der Waals surface area contributed by atoms with Crippen molar-refractivity contribution in [1.82, 2.24) is 14.5 Å². The van der Waals surface area contributed by atoms with Gasteiger partial charge in [-0.3, -0.25) is 15.0 Å². The standard InChI is InChI=1S/C27H29N5O4/c1-17-7-25(33)29-15-24(17)20-8-19(16-32-6-5-31(2)27(32)28)9-21(12-20)26(34)30-14-18-10-22(35-3)13-23(11-18)36-4/h5-13,15,24,28H,14,16H2,1-4H3,(H,30,34). The van der Waals surface area contributed by atoms with Gasteiger partial charge in [0.15, 0.2) is 0 Å². The Morgan fingerprint density at radius 2 is 1.78 bits per heavy atom. The van der Waals surface area contributed by atoms with Gasteiger partial charge in [-0.2, -0.15) is 0 Å². The number of benzene rings is 2. The van der Waals surface area contributed by atoms with Gasteiger partial charge in [-0.05, 0) is 47.9 Å². The van der Waals surface area contributed by atoms with E-state index in [2.05, 4.69) is 10.3 Å². The minimum Gasteiger partial charge on any atom is -0.497 e. The molecule has 2 amide bonds. The Balaban J connectivity index is 1.64. The molecule has 0 saturated carbocycles. The average Bonchev–Trinajstić information content (AvgIpc) is 3.18. The molecule has 36 heavy (non-hydrogen) atoms. The molecule has 4 rings (SSSR count). The third-order valence-electron chi connectivity index (χ3n) is 6.12. The predicted molar refractivity (Wildman–Crippen MR) is 136 cm³/mol. The van der Waals surface area contributed by atoms with Crippen LogP contribution in [0.5, 0.6) is 11.5 Å². The zero-order valence-corrected chi connectivity index (χ0v) is 20.7. The third kappa shape index (κ3) is 5.46. The number of imidazole rings is 1. The van der Waals surface area contributed by atoms with Gasteiger partial charge in [0, 0.05) is 55.8 Å². The predicted octanol–water partition coefficient (Wildman–Crippen LogP) is 2.94. The van der Waals surface area contributed by atoms with Crippen molar-refractivity contribution in [2.45, 2.75) is 25.9 Å². The maximum atomic E-state index is 13.2. The lowest BCUT2D eigenvalue weighted by Crippen LogP contribution is -2.25. The lowest BCUT2D eigenvalue weighted by Gasteiger charge is -2.19. The van der Waals surface area contributed by atoms with E-state index in [4.69, 9.17) is 14.9 Å². The first-order chi connectivity index (χ1) is 17.3. The van der Waals surface area contributed by atoms with E-state index in [0.29, 0.717) is 29.2 Å². The van der Waals surface area contributed by atoms with Crippen molar-refractivity contribution in [2.75, 3.05) is 14.2 Å². The second kappa shape index (κ2) is 10.5. The summed E-state index contributed by atoms with van der Waals surface area (Å²) in [6.45, 7) is 2.59. The van der Waals surface area contributed by atoms with Crippen LogP contribution >= 0.6 is 0 Å². The lowest BCUT2D eigenvalue weighted by atomic mass is 9.89. The van der Waals surface area contributed by atoms with Crippen molar-refractivity contribution < 1.29 is 19.1 Å². The van der Waals surface area contributed by atoms with Crippen LogP contribution in [0, 0.1) is 5.41 Å². The molecule has 1 unspecified atom stereocenters. The summed E-state index contributed by atoms with van der Waals surface area (Å²) in [6.07, 6.45) is 6.78. The number of aliphatic imine (C=N–C) groups is 1. The number of allylic oxidation sites excluding steroid dienone is 1. The van der Waals surface area contributed by atoms with Crippen molar-refractivity contribution in [3.8, 4) is 11.5 Å². The quantitative estimate of drug-likeness (QED) is 0.509. The molecule has 2 aromatic carbocycles. The summed E-state index contributed by atoms with van der Waals surface area (Å²) in [6, 6.07) is 11.1. The highest BCUT2D eigenvalue weighted by Crippen LogP contribution is 2.27. The molecule has 9 nitrogen and oxygen atoms in total. The van der Waals surface area contributed by atoms with E-state index in [9.17, 15) is 9.59 Å². The maximum absolute atomic E-state index is 13.2. The number of aryl methyl sites for hydroxylation is 1.